The van der Waals surface area contributed by atoms with Gasteiger partial charge in [-0.05, 0) is 0 Å². The van der Waals surface area contributed by atoms with E-state index in [9.17, 15) is 22.8 Å². The molecule has 0 heterocycles. The molecule has 0 N–H and O–H groups in total. The molecule has 0 aliphatic heterocycles. The maximum atomic E-state index is 12.9. The van der Waals surface area contributed by atoms with Crippen LogP contribution >= 0.6 is 0 Å². The van der Waals surface area contributed by atoms with Crippen LogP contribution in [0.3, 0.4) is 0 Å². The Morgan fingerprint density at radius 2 is 1.25 bits per heavy atom. The third-order valence-electron chi connectivity index (χ3n) is 4.93. The number of methoxy groups -OCH3 is 3. The molecule has 0 aliphatic carbocycles. The zero-order valence-electron chi connectivity index (χ0n) is 25.8. The summed E-state index contributed by atoms with van der Waals surface area (Å²) in [5, 5.41) is 0. The molecule has 44 heavy (non-hydrogen) atoms. The second-order valence-corrected chi connectivity index (χ2v) is 15.1. The molecule has 0 aromatic heterocycles. The van der Waals surface area contributed by atoms with E-state index in [1.165, 1.54) is 3.57 Å². The number of hydrogen-bond donors (Lipinski definition) is 0. The van der Waals surface area contributed by atoms with E-state index in [1.54, 1.807) is 62.9 Å². The molecule has 0 fully saturated rings. The average Bonchev–Trinajstić information content (AvgIpc) is 2.86. The van der Waals surface area contributed by atoms with Gasteiger partial charge in [-0.25, -0.2) is 8.42 Å². The van der Waals surface area contributed by atoms with Gasteiger partial charge in [0.1, 0.15) is 0 Å². The Morgan fingerprint density at radius 1 is 0.818 bits per heavy atom. The van der Waals surface area contributed by atoms with Gasteiger partial charge >= 0.3 is 230 Å². The summed E-state index contributed by atoms with van der Waals surface area (Å²) in [6.45, 7) is 10.6. The van der Waals surface area contributed by atoms with Gasteiger partial charge in [0.25, 0.3) is 0 Å². The molecule has 0 unspecified atom stereocenters. The minimum atomic E-state index is -6.09. The van der Waals surface area contributed by atoms with E-state index in [-0.39, 0.29) is 6.54 Å². The van der Waals surface area contributed by atoms with Crippen LogP contribution in [0.15, 0.2) is 36.4 Å². The van der Waals surface area contributed by atoms with Crippen molar-refractivity contribution in [3.8, 4) is 17.2 Å². The standard InChI is InChI=1S/C27H37INO7.CHF3O3S/c1-26(2,3)35-24(30)29(25(31)36-27(4,5)6)15-14-18-16-22(33-8)23(34-9)17-21(18)28-19-10-12-20(32-7)13-11-19;2-1(3,4)8(5,6)7/h10-13,16-17H,14-15H2,1-9H3;(H,5,6,7)/q-1;/p-1. The average molecular weight is 764 g/mol. The summed E-state index contributed by atoms with van der Waals surface area (Å²) in [4.78, 5) is 26.9. The van der Waals surface area contributed by atoms with E-state index < -0.39 is 60.2 Å². The van der Waals surface area contributed by atoms with Crippen LogP contribution in [0.5, 0.6) is 17.2 Å². The van der Waals surface area contributed by atoms with Gasteiger partial charge < -0.3 is 4.55 Å². The number of hydrogen-bond acceptors (Lipinski definition) is 10. The summed E-state index contributed by atoms with van der Waals surface area (Å²) in [6, 6.07) is 11.8. The van der Waals surface area contributed by atoms with Crippen LogP contribution in [-0.4, -0.2) is 74.6 Å². The van der Waals surface area contributed by atoms with Gasteiger partial charge in [0.05, 0.1) is 0 Å². The topological polar surface area (TPSA) is 141 Å². The number of benzene rings is 2. The van der Waals surface area contributed by atoms with Gasteiger partial charge in [0.15, 0.2) is 10.1 Å². The monoisotopic (exact) mass is 763 g/mol. The van der Waals surface area contributed by atoms with Crippen molar-refractivity contribution in [3.63, 3.8) is 0 Å². The third kappa shape index (κ3) is 13.3. The van der Waals surface area contributed by atoms with Gasteiger partial charge in [-0.1, -0.05) is 0 Å². The molecule has 0 saturated heterocycles. The van der Waals surface area contributed by atoms with E-state index in [2.05, 4.69) is 0 Å². The molecule has 2 aromatic carbocycles. The second-order valence-electron chi connectivity index (χ2n) is 10.8. The van der Waals surface area contributed by atoms with Gasteiger partial charge in [-0.3, -0.25) is 0 Å². The van der Waals surface area contributed by atoms with Crippen LogP contribution in [0.4, 0.5) is 22.8 Å². The summed E-state index contributed by atoms with van der Waals surface area (Å²) >= 11 is -0.603. The molecule has 11 nitrogen and oxygen atoms in total. The molecule has 0 aliphatic rings. The van der Waals surface area contributed by atoms with Crippen LogP contribution < -0.4 is 35.4 Å². The van der Waals surface area contributed by atoms with E-state index in [0.717, 1.165) is 19.8 Å². The van der Waals surface area contributed by atoms with Gasteiger partial charge in [0, 0.05) is 0 Å². The molecule has 0 atom stereocenters. The number of imide groups is 1. The van der Waals surface area contributed by atoms with Crippen molar-refractivity contribution in [1.82, 2.24) is 4.90 Å². The molecule has 0 spiro atoms. The summed E-state index contributed by atoms with van der Waals surface area (Å²) in [7, 11) is -1.28. The van der Waals surface area contributed by atoms with Crippen LogP contribution in [0, 0.1) is 7.14 Å². The minimum Gasteiger partial charge on any atom is -0.741 e. The van der Waals surface area contributed by atoms with E-state index in [4.69, 9.17) is 36.7 Å². The first-order chi connectivity index (χ1) is 20.0. The predicted octanol–water partition coefficient (Wildman–Crippen LogP) is 2.61. The number of amides is 2. The van der Waals surface area contributed by atoms with Crippen molar-refractivity contribution in [2.45, 2.75) is 64.7 Å². The van der Waals surface area contributed by atoms with Crippen molar-refractivity contribution in [2.24, 2.45) is 0 Å². The molecule has 250 valence electrons. The number of carbonyl (C=O) groups excluding carboxylic acids is 2. The zero-order valence-corrected chi connectivity index (χ0v) is 28.8. The Kier molecular flexibility index (Phi) is 14.0. The van der Waals surface area contributed by atoms with Crippen molar-refractivity contribution in [3.05, 3.63) is 49.1 Å². The first-order valence-corrected chi connectivity index (χ1v) is 16.4. The number of ether oxygens (including phenoxy) is 5. The molecular formula is C28H37F3INO10S-2. The van der Waals surface area contributed by atoms with E-state index in [0.29, 0.717) is 17.9 Å². The van der Waals surface area contributed by atoms with Crippen LogP contribution in [0.1, 0.15) is 47.1 Å². The molecule has 16 heteroatoms. The molecule has 0 bridgehead atoms. The smallest absolute Gasteiger partial charge is 0.485 e. The minimum absolute atomic E-state index is 0.0820. The molecular weight excluding hydrogens is 726 g/mol. The number of carbonyl (C=O) groups is 2. The normalized spacial score (nSPS) is 12.0. The number of halogens is 4. The summed E-state index contributed by atoms with van der Waals surface area (Å²) < 4.78 is 88.5. The molecule has 2 rings (SSSR count). The molecule has 2 aromatic rings. The predicted molar refractivity (Wildman–Crippen MR) is 149 cm³/mol. The van der Waals surface area contributed by atoms with Crippen LogP contribution in [-0.2, 0) is 26.0 Å². The molecule has 2 amide bonds. The SMILES string of the molecule is COc1ccc([I-]c2cc(OC)c(OC)cc2CCN(C(=O)OC(C)(C)C)C(=O)OC(C)(C)C)cc1.O=S(=O)([O-])C(F)(F)F. The first-order valence-electron chi connectivity index (χ1n) is 12.8. The fourth-order valence-corrected chi connectivity index (χ4v) is 5.65. The van der Waals surface area contributed by atoms with Gasteiger partial charge in [0.2, 0.25) is 0 Å². The Labute approximate surface area is 265 Å². The molecule has 0 radical (unpaired) electrons. The fraction of sp³-hybridized carbons (Fsp3) is 0.500. The Bertz CT molecular complexity index is 1340. The van der Waals surface area contributed by atoms with Gasteiger partial charge in [-0.15, -0.1) is 0 Å². The van der Waals surface area contributed by atoms with Crippen molar-refractivity contribution >= 4 is 22.3 Å². The van der Waals surface area contributed by atoms with E-state index >= 15 is 0 Å². The largest absolute Gasteiger partial charge is 0.741 e. The first kappa shape index (κ1) is 39.0. The Balaban J connectivity index is 0.00000106. The number of rotatable bonds is 8. The van der Waals surface area contributed by atoms with Crippen molar-refractivity contribution < 1.29 is 80.6 Å². The van der Waals surface area contributed by atoms with Crippen LogP contribution in [0.2, 0.25) is 0 Å². The zero-order chi connectivity index (χ0) is 34.1. The fourth-order valence-electron chi connectivity index (χ4n) is 3.05. The summed E-state index contributed by atoms with van der Waals surface area (Å²) in [5.74, 6) is 2.00. The maximum absolute atomic E-state index is 12.9. The quantitative estimate of drug-likeness (QED) is 0.224. The Morgan fingerprint density at radius 3 is 1.61 bits per heavy atom. The third-order valence-corrected chi connectivity index (χ3v) is 8.42. The van der Waals surface area contributed by atoms with Gasteiger partial charge in [-0.2, -0.15) is 13.2 Å². The maximum Gasteiger partial charge on any atom is 0.485 e. The summed E-state index contributed by atoms with van der Waals surface area (Å²) in [5.41, 5.74) is -6.21. The van der Waals surface area contributed by atoms with Crippen molar-refractivity contribution in [1.29, 1.82) is 0 Å². The van der Waals surface area contributed by atoms with Crippen LogP contribution in [0.25, 0.3) is 0 Å². The number of nitrogens with zero attached hydrogens (tertiary/aromatic N) is 1. The second kappa shape index (κ2) is 15.8. The van der Waals surface area contributed by atoms with Crippen molar-refractivity contribution in [2.75, 3.05) is 27.9 Å². The summed E-state index contributed by atoms with van der Waals surface area (Å²) in [6.07, 6.45) is -1.10. The van der Waals surface area contributed by atoms with E-state index in [1.807, 2.05) is 36.4 Å². The number of alkyl halides is 3. The molecule has 0 saturated carbocycles. The Hall–Kier alpha value is -2.99.